The molecule has 0 aliphatic rings. The Balaban J connectivity index is 1.44. The number of anilines is 1. The first-order valence-electron chi connectivity index (χ1n) is 9.94. The summed E-state index contributed by atoms with van der Waals surface area (Å²) >= 11 is 21.6. The highest BCUT2D eigenvalue weighted by atomic mass is 79.9. The maximum Gasteiger partial charge on any atom is 0.256 e. The van der Waals surface area contributed by atoms with Gasteiger partial charge in [-0.25, -0.2) is 4.39 Å². The van der Waals surface area contributed by atoms with Gasteiger partial charge in [-0.05, 0) is 51.8 Å². The van der Waals surface area contributed by atoms with E-state index >= 15 is 0 Å². The van der Waals surface area contributed by atoms with Gasteiger partial charge in [0, 0.05) is 22.3 Å². The van der Waals surface area contributed by atoms with Gasteiger partial charge in [-0.1, -0.05) is 65.1 Å². The van der Waals surface area contributed by atoms with Gasteiger partial charge < -0.3 is 10.1 Å². The van der Waals surface area contributed by atoms with Crippen molar-refractivity contribution >= 4 is 62.5 Å². The minimum Gasteiger partial charge on any atom is -0.486 e. The molecule has 0 radical (unpaired) electrons. The lowest BCUT2D eigenvalue weighted by atomic mass is 10.1. The van der Waals surface area contributed by atoms with Gasteiger partial charge in [-0.2, -0.15) is 5.10 Å². The van der Waals surface area contributed by atoms with Crippen LogP contribution in [-0.2, 0) is 13.2 Å². The number of carbonyl (C=O) groups is 1. The molecule has 4 rings (SSSR count). The van der Waals surface area contributed by atoms with Crippen LogP contribution in [0.4, 0.5) is 10.2 Å². The molecule has 174 valence electrons. The van der Waals surface area contributed by atoms with Crippen LogP contribution in [0.2, 0.25) is 15.1 Å². The van der Waals surface area contributed by atoms with Crippen molar-refractivity contribution in [1.29, 1.82) is 0 Å². The molecule has 0 atom stereocenters. The summed E-state index contributed by atoms with van der Waals surface area (Å²) in [7, 11) is 0. The summed E-state index contributed by atoms with van der Waals surface area (Å²) < 4.78 is 21.8. The second-order valence-electron chi connectivity index (χ2n) is 7.26. The van der Waals surface area contributed by atoms with E-state index in [9.17, 15) is 9.18 Å². The van der Waals surface area contributed by atoms with Crippen molar-refractivity contribution in [2.24, 2.45) is 0 Å². The second kappa shape index (κ2) is 10.8. The number of amides is 1. The molecule has 3 aromatic carbocycles. The Labute approximate surface area is 218 Å². The summed E-state index contributed by atoms with van der Waals surface area (Å²) in [5, 5.41) is 8.10. The van der Waals surface area contributed by atoms with Crippen LogP contribution in [0, 0.1) is 5.82 Å². The molecule has 0 saturated heterocycles. The maximum absolute atomic E-state index is 13.9. The van der Waals surface area contributed by atoms with Crippen molar-refractivity contribution in [3.05, 3.63) is 109 Å². The van der Waals surface area contributed by atoms with Crippen molar-refractivity contribution in [2.45, 2.75) is 13.2 Å². The third-order valence-corrected chi connectivity index (χ3v) is 6.13. The van der Waals surface area contributed by atoms with Crippen LogP contribution in [-0.4, -0.2) is 15.7 Å². The number of rotatable bonds is 7. The van der Waals surface area contributed by atoms with E-state index in [1.165, 1.54) is 18.2 Å². The Bertz CT molecular complexity index is 1340. The maximum atomic E-state index is 13.9. The van der Waals surface area contributed by atoms with Crippen LogP contribution < -0.4 is 10.1 Å². The topological polar surface area (TPSA) is 56.2 Å². The number of aromatic nitrogens is 2. The predicted molar refractivity (Wildman–Crippen MR) is 136 cm³/mol. The quantitative estimate of drug-likeness (QED) is 0.244. The molecule has 4 aromatic rings. The first-order valence-corrected chi connectivity index (χ1v) is 11.9. The highest BCUT2D eigenvalue weighted by Gasteiger charge is 2.14. The van der Waals surface area contributed by atoms with Crippen LogP contribution in [0.15, 0.2) is 71.3 Å². The molecule has 1 heterocycles. The molecule has 10 heteroatoms. The summed E-state index contributed by atoms with van der Waals surface area (Å²) in [5.41, 5.74) is 1.63. The van der Waals surface area contributed by atoms with Gasteiger partial charge in [-0.15, -0.1) is 0 Å². The Morgan fingerprint density at radius 1 is 1.06 bits per heavy atom. The molecule has 0 unspecified atom stereocenters. The van der Waals surface area contributed by atoms with Crippen molar-refractivity contribution in [2.75, 3.05) is 5.32 Å². The minimum atomic E-state index is -0.360. The van der Waals surface area contributed by atoms with Gasteiger partial charge in [0.15, 0.2) is 11.6 Å². The molecule has 1 aromatic heterocycles. The lowest BCUT2D eigenvalue weighted by Gasteiger charge is -2.11. The predicted octanol–water partition coefficient (Wildman–Crippen LogP) is 7.62. The molecule has 5 nitrogen and oxygen atoms in total. The van der Waals surface area contributed by atoms with Gasteiger partial charge in [-0.3, -0.25) is 9.48 Å². The monoisotopic (exact) mass is 581 g/mol. The Morgan fingerprint density at radius 3 is 2.53 bits per heavy atom. The van der Waals surface area contributed by atoms with Crippen molar-refractivity contribution < 1.29 is 13.9 Å². The number of hydrogen-bond acceptors (Lipinski definition) is 3. The Kier molecular flexibility index (Phi) is 7.78. The number of halogens is 5. The molecule has 0 spiro atoms. The molecule has 34 heavy (non-hydrogen) atoms. The van der Waals surface area contributed by atoms with E-state index in [-0.39, 0.29) is 24.9 Å². The van der Waals surface area contributed by atoms with Gasteiger partial charge in [0.05, 0.1) is 21.1 Å². The smallest absolute Gasteiger partial charge is 0.256 e. The van der Waals surface area contributed by atoms with Crippen molar-refractivity contribution in [1.82, 2.24) is 9.78 Å². The average Bonchev–Trinajstić information content (AvgIpc) is 3.13. The lowest BCUT2D eigenvalue weighted by Crippen LogP contribution is -2.14. The van der Waals surface area contributed by atoms with Crippen molar-refractivity contribution in [3.63, 3.8) is 0 Å². The largest absolute Gasteiger partial charge is 0.486 e. The summed E-state index contributed by atoms with van der Waals surface area (Å²) in [6.07, 6.45) is 1.67. The van der Waals surface area contributed by atoms with Crippen LogP contribution >= 0.6 is 50.7 Å². The molecule has 0 saturated carbocycles. The number of benzene rings is 3. The van der Waals surface area contributed by atoms with Crippen LogP contribution in [0.25, 0.3) is 0 Å². The summed E-state index contributed by atoms with van der Waals surface area (Å²) in [5.74, 6) is -0.0456. The highest BCUT2D eigenvalue weighted by molar-refractivity contribution is 9.10. The molecule has 0 aliphatic carbocycles. The number of nitrogens with one attached hydrogen (secondary N) is 1. The third-order valence-electron chi connectivity index (χ3n) is 4.77. The van der Waals surface area contributed by atoms with E-state index in [1.54, 1.807) is 47.3 Å². The van der Waals surface area contributed by atoms with E-state index in [0.29, 0.717) is 42.2 Å². The van der Waals surface area contributed by atoms with Crippen molar-refractivity contribution in [3.8, 4) is 5.75 Å². The fourth-order valence-electron chi connectivity index (χ4n) is 3.17. The van der Waals surface area contributed by atoms with E-state index in [0.717, 1.165) is 5.56 Å². The molecule has 0 fully saturated rings. The average molecular weight is 584 g/mol. The SMILES string of the molecule is O=C(Nc1nn(Cc2ccccc2F)cc1Br)c1cccc(COc2c(Cl)cc(Cl)cc2Cl)c1. The molecular weight excluding hydrogens is 568 g/mol. The number of nitrogens with zero attached hydrogens (tertiary/aromatic N) is 2. The van der Waals surface area contributed by atoms with E-state index < -0.39 is 0 Å². The molecule has 1 N–H and O–H groups in total. The highest BCUT2D eigenvalue weighted by Crippen LogP contribution is 2.36. The Hall–Kier alpha value is -2.58. The fourth-order valence-corrected chi connectivity index (χ4v) is 4.51. The molecular formula is C24H16BrCl3FN3O2. The summed E-state index contributed by atoms with van der Waals surface area (Å²) in [6.45, 7) is 0.368. The molecule has 1 amide bonds. The van der Waals surface area contributed by atoms with E-state index in [4.69, 9.17) is 39.5 Å². The number of ether oxygens (including phenoxy) is 1. The zero-order valence-electron chi connectivity index (χ0n) is 17.4. The fraction of sp³-hybridized carbons (Fsp3) is 0.0833. The van der Waals surface area contributed by atoms with E-state index in [2.05, 4.69) is 26.3 Å². The van der Waals surface area contributed by atoms with Gasteiger partial charge in [0.1, 0.15) is 12.4 Å². The lowest BCUT2D eigenvalue weighted by molar-refractivity contribution is 0.102. The normalized spacial score (nSPS) is 10.9. The van der Waals surface area contributed by atoms with Crippen LogP contribution in [0.1, 0.15) is 21.5 Å². The number of hydrogen-bond donors (Lipinski definition) is 1. The first-order chi connectivity index (χ1) is 16.3. The standard InChI is InChI=1S/C24H16BrCl3FN3O2/c25-18-12-32(11-16-5-1-2-7-21(16)29)31-23(18)30-24(33)15-6-3-4-14(8-15)13-34-22-19(27)9-17(26)10-20(22)28/h1-10,12H,11,13H2,(H,30,31,33). The minimum absolute atomic E-state index is 0.142. The van der Waals surface area contributed by atoms with Gasteiger partial charge in [0.25, 0.3) is 5.91 Å². The second-order valence-corrected chi connectivity index (χ2v) is 9.36. The van der Waals surface area contributed by atoms with Gasteiger partial charge in [0.2, 0.25) is 0 Å². The first kappa shape index (κ1) is 24.5. The summed E-state index contributed by atoms with van der Waals surface area (Å²) in [6, 6.07) is 16.4. The Morgan fingerprint density at radius 2 is 1.79 bits per heavy atom. The number of carbonyl (C=O) groups excluding carboxylic acids is 1. The zero-order valence-corrected chi connectivity index (χ0v) is 21.2. The van der Waals surface area contributed by atoms with E-state index in [1.807, 2.05) is 6.07 Å². The molecule has 0 bridgehead atoms. The zero-order chi connectivity index (χ0) is 24.2. The van der Waals surface area contributed by atoms with Crippen LogP contribution in [0.3, 0.4) is 0 Å². The van der Waals surface area contributed by atoms with Gasteiger partial charge >= 0.3 is 0 Å². The van der Waals surface area contributed by atoms with Crippen LogP contribution in [0.5, 0.6) is 5.75 Å². The summed E-state index contributed by atoms with van der Waals surface area (Å²) in [4.78, 5) is 12.8. The molecule has 0 aliphatic heterocycles. The third kappa shape index (κ3) is 5.91.